The fourth-order valence-corrected chi connectivity index (χ4v) is 5.24. The summed E-state index contributed by atoms with van der Waals surface area (Å²) in [6.07, 6.45) is 1.62. The Morgan fingerprint density at radius 1 is 0.846 bits per heavy atom. The third-order valence-corrected chi connectivity index (χ3v) is 7.43. The number of benzene rings is 2. The zero-order chi connectivity index (χ0) is 27.4. The largest absolute Gasteiger partial charge is 0.465 e. The first-order chi connectivity index (χ1) is 18.9. The lowest BCUT2D eigenvalue weighted by atomic mass is 10.0. The maximum atomic E-state index is 13.1. The Labute approximate surface area is 227 Å². The van der Waals surface area contributed by atoms with Crippen molar-refractivity contribution in [2.45, 2.75) is 25.8 Å². The van der Waals surface area contributed by atoms with Crippen LogP contribution in [-0.2, 0) is 0 Å². The summed E-state index contributed by atoms with van der Waals surface area (Å²) < 4.78 is 5.27. The summed E-state index contributed by atoms with van der Waals surface area (Å²) >= 11 is 0. The summed E-state index contributed by atoms with van der Waals surface area (Å²) in [5.41, 5.74) is 4.26. The molecule has 0 atom stereocenters. The van der Waals surface area contributed by atoms with Gasteiger partial charge < -0.3 is 34.9 Å². The fraction of sp³-hybridized carbons (Fsp3) is 0.345. The van der Waals surface area contributed by atoms with E-state index < -0.39 is 12.0 Å². The van der Waals surface area contributed by atoms with Crippen molar-refractivity contribution in [3.05, 3.63) is 77.7 Å². The molecule has 1 aromatic heterocycles. The first kappa shape index (κ1) is 26.1. The monoisotopic (exact) mass is 531 g/mol. The number of piperazine rings is 1. The number of piperidine rings is 1. The Hall–Kier alpha value is -4.47. The van der Waals surface area contributed by atoms with Gasteiger partial charge in [0.1, 0.15) is 0 Å². The van der Waals surface area contributed by atoms with E-state index >= 15 is 0 Å². The molecule has 5 rings (SSSR count). The Kier molecular flexibility index (Phi) is 7.72. The van der Waals surface area contributed by atoms with Gasteiger partial charge in [0.25, 0.3) is 11.8 Å². The normalized spacial score (nSPS) is 16.2. The maximum Gasteiger partial charge on any atom is 0.407 e. The van der Waals surface area contributed by atoms with E-state index in [2.05, 4.69) is 45.6 Å². The molecule has 0 saturated carbocycles. The number of amides is 3. The van der Waals surface area contributed by atoms with Crippen LogP contribution in [0.15, 0.2) is 65.3 Å². The second-order valence-corrected chi connectivity index (χ2v) is 9.94. The molecule has 3 heterocycles. The van der Waals surface area contributed by atoms with E-state index in [9.17, 15) is 14.4 Å². The number of aryl methyl sites for hydroxylation is 1. The lowest BCUT2D eigenvalue weighted by Crippen LogP contribution is -2.47. The van der Waals surface area contributed by atoms with Crippen LogP contribution in [0.4, 0.5) is 21.9 Å². The second-order valence-electron chi connectivity index (χ2n) is 9.94. The van der Waals surface area contributed by atoms with E-state index in [1.807, 2.05) is 12.1 Å². The molecule has 2 fully saturated rings. The molecule has 0 bridgehead atoms. The molecule has 39 heavy (non-hydrogen) atoms. The molecule has 10 heteroatoms. The molecule has 2 aliphatic heterocycles. The molecule has 0 spiro atoms. The molecule has 3 N–H and O–H groups in total. The number of hydrogen-bond acceptors (Lipinski definition) is 6. The lowest BCUT2D eigenvalue weighted by molar-refractivity contribution is 0.0906. The van der Waals surface area contributed by atoms with Gasteiger partial charge in [0.15, 0.2) is 5.76 Å². The average molecular weight is 532 g/mol. The number of likely N-dealkylation sites (tertiary alicyclic amines) is 1. The Balaban J connectivity index is 1.32. The standard InChI is InChI=1S/C29H33N5O5/c1-20-5-2-3-6-24(20)32-14-16-33(17-15-32)25-9-8-21(19-23(25)31-28(36)26-7-4-18-39-26)27(35)30-22-10-12-34(13-11-22)29(37)38/h2-9,18-19,22H,10-17H2,1H3,(H,30,35)(H,31,36)(H,37,38). The molecule has 10 nitrogen and oxygen atoms in total. The van der Waals surface area contributed by atoms with Crippen LogP contribution in [0, 0.1) is 6.92 Å². The smallest absolute Gasteiger partial charge is 0.407 e. The van der Waals surface area contributed by atoms with Gasteiger partial charge in [-0.3, -0.25) is 9.59 Å². The van der Waals surface area contributed by atoms with E-state index in [1.54, 1.807) is 24.3 Å². The van der Waals surface area contributed by atoms with Crippen molar-refractivity contribution in [1.82, 2.24) is 10.2 Å². The molecule has 0 aliphatic carbocycles. The summed E-state index contributed by atoms with van der Waals surface area (Å²) in [6, 6.07) is 16.8. The summed E-state index contributed by atoms with van der Waals surface area (Å²) in [4.78, 5) is 43.1. The molecule has 3 amide bonds. The van der Waals surface area contributed by atoms with E-state index in [-0.39, 0.29) is 17.7 Å². The van der Waals surface area contributed by atoms with Crippen LogP contribution >= 0.6 is 0 Å². The molecular formula is C29H33N5O5. The van der Waals surface area contributed by atoms with Crippen molar-refractivity contribution in [2.24, 2.45) is 0 Å². The number of anilines is 3. The number of carbonyl (C=O) groups excluding carboxylic acids is 2. The highest BCUT2D eigenvalue weighted by Crippen LogP contribution is 2.30. The second kappa shape index (κ2) is 11.5. The molecular weight excluding hydrogens is 498 g/mol. The average Bonchev–Trinajstić information content (AvgIpc) is 3.49. The van der Waals surface area contributed by atoms with Gasteiger partial charge in [-0.1, -0.05) is 18.2 Å². The van der Waals surface area contributed by atoms with Crippen LogP contribution in [0.1, 0.15) is 39.3 Å². The van der Waals surface area contributed by atoms with Crippen molar-refractivity contribution in [3.63, 3.8) is 0 Å². The summed E-state index contributed by atoms with van der Waals surface area (Å²) in [5, 5.41) is 15.1. The number of carboxylic acid groups (broad SMARTS) is 1. The Morgan fingerprint density at radius 2 is 1.54 bits per heavy atom. The summed E-state index contributed by atoms with van der Waals surface area (Å²) in [7, 11) is 0. The van der Waals surface area contributed by atoms with Gasteiger partial charge in [0.05, 0.1) is 17.6 Å². The van der Waals surface area contributed by atoms with Crippen LogP contribution < -0.4 is 20.4 Å². The van der Waals surface area contributed by atoms with E-state index in [0.717, 1.165) is 31.9 Å². The number of rotatable bonds is 6. The van der Waals surface area contributed by atoms with Gasteiger partial charge in [-0.15, -0.1) is 0 Å². The van der Waals surface area contributed by atoms with Gasteiger partial charge in [-0.2, -0.15) is 0 Å². The molecule has 2 aliphatic rings. The number of nitrogens with zero attached hydrogens (tertiary/aromatic N) is 3. The SMILES string of the molecule is Cc1ccccc1N1CCN(c2ccc(C(=O)NC3CCN(C(=O)O)CC3)cc2NC(=O)c2ccco2)CC1. The fourth-order valence-electron chi connectivity index (χ4n) is 5.24. The van der Waals surface area contributed by atoms with Crippen molar-refractivity contribution in [1.29, 1.82) is 0 Å². The third-order valence-electron chi connectivity index (χ3n) is 7.43. The summed E-state index contributed by atoms with van der Waals surface area (Å²) in [6.45, 7) is 6.05. The topological polar surface area (TPSA) is 118 Å². The predicted molar refractivity (Wildman–Crippen MR) is 149 cm³/mol. The zero-order valence-corrected chi connectivity index (χ0v) is 21.9. The minimum atomic E-state index is -0.938. The highest BCUT2D eigenvalue weighted by molar-refractivity contribution is 6.05. The van der Waals surface area contributed by atoms with Crippen molar-refractivity contribution >= 4 is 35.0 Å². The van der Waals surface area contributed by atoms with Gasteiger partial charge in [0, 0.05) is 56.6 Å². The Bertz CT molecular complexity index is 1330. The van der Waals surface area contributed by atoms with E-state index in [1.165, 1.54) is 22.4 Å². The molecule has 0 radical (unpaired) electrons. The van der Waals surface area contributed by atoms with E-state index in [4.69, 9.17) is 9.52 Å². The quantitative estimate of drug-likeness (QED) is 0.439. The number of carbonyl (C=O) groups is 3. The molecule has 2 saturated heterocycles. The first-order valence-electron chi connectivity index (χ1n) is 13.2. The van der Waals surface area contributed by atoms with Crippen molar-refractivity contribution < 1.29 is 23.9 Å². The van der Waals surface area contributed by atoms with Gasteiger partial charge >= 0.3 is 6.09 Å². The Morgan fingerprint density at radius 3 is 2.18 bits per heavy atom. The molecule has 0 unspecified atom stereocenters. The van der Waals surface area contributed by atoms with Crippen LogP contribution in [0.25, 0.3) is 0 Å². The van der Waals surface area contributed by atoms with Crippen LogP contribution in [0.5, 0.6) is 0 Å². The minimum Gasteiger partial charge on any atom is -0.465 e. The van der Waals surface area contributed by atoms with Crippen molar-refractivity contribution in [3.8, 4) is 0 Å². The van der Waals surface area contributed by atoms with Crippen LogP contribution in [0.2, 0.25) is 0 Å². The molecule has 204 valence electrons. The van der Waals surface area contributed by atoms with Crippen molar-refractivity contribution in [2.75, 3.05) is 54.4 Å². The van der Waals surface area contributed by atoms with Gasteiger partial charge in [-0.05, 0) is 61.7 Å². The lowest BCUT2D eigenvalue weighted by Gasteiger charge is -2.38. The zero-order valence-electron chi connectivity index (χ0n) is 21.9. The van der Waals surface area contributed by atoms with Crippen LogP contribution in [-0.4, -0.2) is 73.2 Å². The predicted octanol–water partition coefficient (Wildman–Crippen LogP) is 4.04. The maximum absolute atomic E-state index is 13.1. The van der Waals surface area contributed by atoms with Crippen LogP contribution in [0.3, 0.4) is 0 Å². The molecule has 3 aromatic rings. The number of nitrogens with one attached hydrogen (secondary N) is 2. The number of furan rings is 1. The van der Waals surface area contributed by atoms with Gasteiger partial charge in [-0.25, -0.2) is 4.79 Å². The number of hydrogen-bond donors (Lipinski definition) is 3. The van der Waals surface area contributed by atoms with E-state index in [0.29, 0.717) is 37.2 Å². The molecule has 2 aromatic carbocycles. The minimum absolute atomic E-state index is 0.108. The number of para-hydroxylation sites is 1. The highest BCUT2D eigenvalue weighted by atomic mass is 16.4. The van der Waals surface area contributed by atoms with Gasteiger partial charge in [0.2, 0.25) is 0 Å². The third kappa shape index (κ3) is 6.00. The summed E-state index contributed by atoms with van der Waals surface area (Å²) in [5.74, 6) is -0.461. The first-order valence-corrected chi connectivity index (χ1v) is 13.2. The highest BCUT2D eigenvalue weighted by Gasteiger charge is 2.26.